The van der Waals surface area contributed by atoms with Crippen LogP contribution in [0.15, 0.2) is 23.1 Å². The predicted octanol–water partition coefficient (Wildman–Crippen LogP) is 0.433. The molecule has 3 N–H and O–H groups in total. The number of hydrogen-bond acceptors (Lipinski definition) is 5. The third-order valence-corrected chi connectivity index (χ3v) is 6.79. The highest BCUT2D eigenvalue weighted by Crippen LogP contribution is 2.26. The van der Waals surface area contributed by atoms with Gasteiger partial charge in [-0.1, -0.05) is 0 Å². The molecule has 1 heterocycles. The molecule has 2 rings (SSSR count). The van der Waals surface area contributed by atoms with Gasteiger partial charge in [0.05, 0.1) is 16.4 Å². The van der Waals surface area contributed by atoms with Crippen molar-refractivity contribution in [2.75, 3.05) is 17.2 Å². The Morgan fingerprint density at radius 1 is 1.30 bits per heavy atom. The molecule has 1 aliphatic rings. The van der Waals surface area contributed by atoms with E-state index >= 15 is 0 Å². The van der Waals surface area contributed by atoms with Crippen LogP contribution in [0.3, 0.4) is 0 Å². The molecule has 1 saturated heterocycles. The van der Waals surface area contributed by atoms with E-state index in [4.69, 9.17) is 5.73 Å². The van der Waals surface area contributed by atoms with Gasteiger partial charge in [-0.2, -0.15) is 0 Å². The molecule has 1 aromatic carbocycles. The van der Waals surface area contributed by atoms with Gasteiger partial charge in [0.2, 0.25) is 10.0 Å². The highest BCUT2D eigenvalue weighted by Gasteiger charge is 2.41. The number of rotatable bonds is 3. The Kier molecular flexibility index (Phi) is 3.60. The van der Waals surface area contributed by atoms with Crippen molar-refractivity contribution in [3.8, 4) is 0 Å². The number of nitrogen functional groups attached to an aromatic ring is 1. The van der Waals surface area contributed by atoms with Gasteiger partial charge in [0.15, 0.2) is 9.84 Å². The van der Waals surface area contributed by atoms with Crippen molar-refractivity contribution in [2.24, 2.45) is 0 Å². The normalized spacial score (nSPS) is 25.7. The first-order valence-corrected chi connectivity index (χ1v) is 9.43. The molecule has 0 aromatic heterocycles. The van der Waals surface area contributed by atoms with Gasteiger partial charge in [-0.3, -0.25) is 0 Å². The fraction of sp³-hybridized carbons (Fsp3) is 0.500. The topological polar surface area (TPSA) is 106 Å². The number of anilines is 1. The van der Waals surface area contributed by atoms with Crippen LogP contribution in [0.1, 0.15) is 18.9 Å². The summed E-state index contributed by atoms with van der Waals surface area (Å²) in [4.78, 5) is 0.0560. The zero-order valence-corrected chi connectivity index (χ0v) is 13.0. The fourth-order valence-electron chi connectivity index (χ4n) is 2.41. The van der Waals surface area contributed by atoms with Crippen LogP contribution in [0.4, 0.5) is 5.69 Å². The maximum absolute atomic E-state index is 12.3. The Labute approximate surface area is 119 Å². The van der Waals surface area contributed by atoms with E-state index in [1.54, 1.807) is 19.9 Å². The summed E-state index contributed by atoms with van der Waals surface area (Å²) in [6.45, 7) is 3.35. The highest BCUT2D eigenvalue weighted by molar-refractivity contribution is 7.92. The van der Waals surface area contributed by atoms with Crippen LogP contribution in [0, 0.1) is 6.92 Å². The van der Waals surface area contributed by atoms with Crippen LogP contribution < -0.4 is 10.5 Å². The molecule has 20 heavy (non-hydrogen) atoms. The maximum Gasteiger partial charge on any atom is 0.241 e. The molecule has 1 fully saturated rings. The van der Waals surface area contributed by atoms with Crippen LogP contribution in [0.5, 0.6) is 0 Å². The quantitative estimate of drug-likeness (QED) is 0.786. The second kappa shape index (κ2) is 4.71. The lowest BCUT2D eigenvalue weighted by atomic mass is 10.0. The SMILES string of the molecule is Cc1cc(N)cc(S(=O)(=O)NC2(C)CCS(=O)(=O)C2)c1. The van der Waals surface area contributed by atoms with Gasteiger partial charge in [0, 0.05) is 11.2 Å². The summed E-state index contributed by atoms with van der Waals surface area (Å²) >= 11 is 0. The molecule has 1 aromatic rings. The summed E-state index contributed by atoms with van der Waals surface area (Å²) in [7, 11) is -6.97. The van der Waals surface area contributed by atoms with Crippen LogP contribution in [0.25, 0.3) is 0 Å². The number of aryl methyl sites for hydroxylation is 1. The van der Waals surface area contributed by atoms with Crippen LogP contribution in [-0.2, 0) is 19.9 Å². The van der Waals surface area contributed by atoms with E-state index in [1.165, 1.54) is 12.1 Å². The number of sulfonamides is 1. The zero-order valence-electron chi connectivity index (χ0n) is 11.4. The molecular weight excluding hydrogens is 300 g/mol. The smallest absolute Gasteiger partial charge is 0.241 e. The Balaban J connectivity index is 2.32. The first-order chi connectivity index (χ1) is 9.01. The second-order valence-corrected chi connectivity index (χ2v) is 9.45. The lowest BCUT2D eigenvalue weighted by Crippen LogP contribution is -2.46. The van der Waals surface area contributed by atoms with Gasteiger partial charge in [-0.05, 0) is 44.0 Å². The Morgan fingerprint density at radius 3 is 2.45 bits per heavy atom. The van der Waals surface area contributed by atoms with E-state index < -0.39 is 25.4 Å². The van der Waals surface area contributed by atoms with Gasteiger partial charge in [-0.15, -0.1) is 0 Å². The fourth-order valence-corrected chi connectivity index (χ4v) is 6.16. The molecule has 6 nitrogen and oxygen atoms in total. The Morgan fingerprint density at radius 2 is 1.95 bits per heavy atom. The Hall–Kier alpha value is -1.12. The largest absolute Gasteiger partial charge is 0.399 e. The van der Waals surface area contributed by atoms with Crippen LogP contribution >= 0.6 is 0 Å². The molecule has 112 valence electrons. The lowest BCUT2D eigenvalue weighted by Gasteiger charge is -2.23. The van der Waals surface area contributed by atoms with E-state index in [9.17, 15) is 16.8 Å². The molecule has 0 spiro atoms. The lowest BCUT2D eigenvalue weighted by molar-refractivity contribution is 0.462. The summed E-state index contributed by atoms with van der Waals surface area (Å²) in [5.41, 5.74) is 5.78. The zero-order chi connectivity index (χ0) is 15.2. The monoisotopic (exact) mass is 318 g/mol. The van der Waals surface area contributed by atoms with Crippen molar-refractivity contribution in [1.29, 1.82) is 0 Å². The number of nitrogens with two attached hydrogens (primary N) is 1. The predicted molar refractivity (Wildman–Crippen MR) is 77.6 cm³/mol. The molecule has 0 saturated carbocycles. The first kappa shape index (κ1) is 15.3. The van der Waals surface area contributed by atoms with Crippen molar-refractivity contribution in [3.63, 3.8) is 0 Å². The van der Waals surface area contributed by atoms with Gasteiger partial charge in [-0.25, -0.2) is 21.6 Å². The first-order valence-electron chi connectivity index (χ1n) is 6.13. The maximum atomic E-state index is 12.3. The van der Waals surface area contributed by atoms with Crippen LogP contribution in [-0.4, -0.2) is 33.9 Å². The molecular formula is C12H18N2O4S2. The standard InChI is InChI=1S/C12H18N2O4S2/c1-9-5-10(13)7-11(6-9)20(17,18)14-12(2)3-4-19(15,16)8-12/h5-7,14H,3-4,8,13H2,1-2H3. The van der Waals surface area contributed by atoms with Gasteiger partial charge >= 0.3 is 0 Å². The summed E-state index contributed by atoms with van der Waals surface area (Å²) < 4.78 is 50.2. The van der Waals surface area contributed by atoms with Crippen molar-refractivity contribution in [3.05, 3.63) is 23.8 Å². The van der Waals surface area contributed by atoms with Crippen molar-refractivity contribution in [1.82, 2.24) is 4.72 Å². The summed E-state index contributed by atoms with van der Waals surface area (Å²) in [6.07, 6.45) is 0.274. The molecule has 0 radical (unpaired) electrons. The van der Waals surface area contributed by atoms with E-state index in [-0.39, 0.29) is 22.8 Å². The average Bonchev–Trinajstić information content (AvgIpc) is 2.50. The molecule has 1 unspecified atom stereocenters. The van der Waals surface area contributed by atoms with Crippen molar-refractivity contribution in [2.45, 2.75) is 30.7 Å². The van der Waals surface area contributed by atoms with E-state index in [2.05, 4.69) is 4.72 Å². The molecule has 1 aliphatic heterocycles. The minimum Gasteiger partial charge on any atom is -0.399 e. The van der Waals surface area contributed by atoms with Crippen LogP contribution in [0.2, 0.25) is 0 Å². The van der Waals surface area contributed by atoms with Crippen molar-refractivity contribution >= 4 is 25.5 Å². The molecule has 0 aliphatic carbocycles. The van der Waals surface area contributed by atoms with Gasteiger partial charge in [0.1, 0.15) is 0 Å². The minimum atomic E-state index is -3.79. The minimum absolute atomic E-state index is 0.00196. The summed E-state index contributed by atoms with van der Waals surface area (Å²) in [5.74, 6) is -0.178. The van der Waals surface area contributed by atoms with E-state index in [0.29, 0.717) is 5.69 Å². The van der Waals surface area contributed by atoms with E-state index in [1.807, 2.05) is 0 Å². The molecule has 1 atom stereocenters. The number of nitrogens with one attached hydrogen (secondary N) is 1. The molecule has 0 bridgehead atoms. The number of benzene rings is 1. The number of sulfone groups is 1. The van der Waals surface area contributed by atoms with E-state index in [0.717, 1.165) is 5.56 Å². The number of hydrogen-bond donors (Lipinski definition) is 2. The van der Waals surface area contributed by atoms with Gasteiger partial charge in [0.25, 0.3) is 0 Å². The third-order valence-electron chi connectivity index (χ3n) is 3.27. The van der Waals surface area contributed by atoms with Crippen molar-refractivity contribution < 1.29 is 16.8 Å². The highest BCUT2D eigenvalue weighted by atomic mass is 32.2. The molecule has 0 amide bonds. The second-order valence-electron chi connectivity index (χ2n) is 5.59. The summed E-state index contributed by atoms with van der Waals surface area (Å²) in [6, 6.07) is 4.54. The average molecular weight is 318 g/mol. The summed E-state index contributed by atoms with van der Waals surface area (Å²) in [5, 5.41) is 0. The van der Waals surface area contributed by atoms with Gasteiger partial charge < -0.3 is 5.73 Å². The Bertz CT molecular complexity index is 720. The molecule has 8 heteroatoms. The third kappa shape index (κ3) is 3.31.